The SMILES string of the molecule is COc1ccc(C[C@H]2NC(=O)/C=C/C[C@@H]([C@H](C)[C@@H]3O[C@H]3c3ccc(COC(=O)Oc4ccc(C)cc4)cc3)OC(=O)[C@H](CC(C)C)OC(=O)C(C)(C)CNC2=O)cc1Cl. The van der Waals surface area contributed by atoms with Gasteiger partial charge in [0.2, 0.25) is 11.8 Å². The van der Waals surface area contributed by atoms with Crippen LogP contribution >= 0.6 is 11.6 Å². The van der Waals surface area contributed by atoms with E-state index in [-0.39, 0.29) is 56.5 Å². The summed E-state index contributed by atoms with van der Waals surface area (Å²) >= 11 is 6.35. The van der Waals surface area contributed by atoms with Crippen LogP contribution in [0.2, 0.25) is 5.02 Å². The average Bonchev–Trinajstić information content (AvgIpc) is 4.00. The van der Waals surface area contributed by atoms with Crippen molar-refractivity contribution < 1.29 is 52.4 Å². The third-order valence-corrected chi connectivity index (χ3v) is 10.5. The first-order chi connectivity index (χ1) is 28.0. The molecule has 0 bridgehead atoms. The summed E-state index contributed by atoms with van der Waals surface area (Å²) in [6.07, 6.45) is -0.134. The fourth-order valence-corrected chi connectivity index (χ4v) is 6.78. The number of benzene rings is 3. The molecule has 13 nitrogen and oxygen atoms in total. The van der Waals surface area contributed by atoms with E-state index in [4.69, 9.17) is 40.0 Å². The Kier molecular flexibility index (Phi) is 15.2. The first-order valence-corrected chi connectivity index (χ1v) is 20.0. The molecule has 0 aliphatic carbocycles. The Morgan fingerprint density at radius 2 is 1.64 bits per heavy atom. The van der Waals surface area contributed by atoms with Gasteiger partial charge >= 0.3 is 18.1 Å². The van der Waals surface area contributed by atoms with E-state index in [1.165, 1.54) is 13.2 Å². The van der Waals surface area contributed by atoms with Crippen molar-refractivity contribution in [2.45, 2.75) is 97.9 Å². The van der Waals surface area contributed by atoms with Gasteiger partial charge in [0.25, 0.3) is 0 Å². The highest BCUT2D eigenvalue weighted by Gasteiger charge is 2.48. The summed E-state index contributed by atoms with van der Waals surface area (Å²) in [7, 11) is 1.50. The molecule has 14 heteroatoms. The summed E-state index contributed by atoms with van der Waals surface area (Å²) in [5.74, 6) is -2.00. The monoisotopic (exact) mass is 832 g/mol. The lowest BCUT2D eigenvalue weighted by Crippen LogP contribution is -2.51. The second-order valence-electron chi connectivity index (χ2n) is 16.0. The van der Waals surface area contributed by atoms with Gasteiger partial charge in [0.1, 0.15) is 36.4 Å². The van der Waals surface area contributed by atoms with Crippen molar-refractivity contribution in [2.75, 3.05) is 13.7 Å². The maximum absolute atomic E-state index is 13.8. The van der Waals surface area contributed by atoms with Gasteiger partial charge in [-0.2, -0.15) is 0 Å². The van der Waals surface area contributed by atoms with Gasteiger partial charge < -0.3 is 39.1 Å². The van der Waals surface area contributed by atoms with Gasteiger partial charge in [0.05, 0.1) is 23.7 Å². The molecule has 0 saturated carbocycles. The van der Waals surface area contributed by atoms with Crippen LogP contribution in [0.15, 0.2) is 78.9 Å². The zero-order valence-corrected chi connectivity index (χ0v) is 35.2. The first-order valence-electron chi connectivity index (χ1n) is 19.7. The summed E-state index contributed by atoms with van der Waals surface area (Å²) in [5, 5.41) is 5.89. The van der Waals surface area contributed by atoms with Gasteiger partial charge in [-0.3, -0.25) is 14.4 Å². The predicted molar refractivity (Wildman–Crippen MR) is 219 cm³/mol. The third-order valence-electron chi connectivity index (χ3n) is 10.2. The molecule has 3 aromatic carbocycles. The number of carbonyl (C=O) groups excluding carboxylic acids is 5. The lowest BCUT2D eigenvalue weighted by Gasteiger charge is -2.29. The Labute approximate surface area is 350 Å². The standard InChI is InChI=1S/C45H53ClN2O11/c1-26(2)21-37-42(51)57-35(28(4)39-40(59-39)31-16-13-29(14-17-31)24-55-44(53)56-32-18-11-27(3)12-19-32)9-8-10-38(49)48-34(23-30-15-20-36(54-7)33(46)22-30)41(50)47-25-45(5,6)43(52)58-37/h8,10-20,22,26,28,34-35,37,39-40H,9,21,23-25H2,1-7H3,(H,47,50)(H,48,49)/b10-8+/t28-,34+,35-,37-,39-,40-/m0/s1. The number of nitrogens with one attached hydrogen (secondary N) is 2. The van der Waals surface area contributed by atoms with Crippen molar-refractivity contribution in [3.8, 4) is 11.5 Å². The first kappa shape index (κ1) is 44.7. The molecule has 316 valence electrons. The molecule has 1 saturated heterocycles. The Morgan fingerprint density at radius 3 is 2.31 bits per heavy atom. The highest BCUT2D eigenvalue weighted by Crippen LogP contribution is 2.45. The van der Waals surface area contributed by atoms with Gasteiger partial charge in [0.15, 0.2) is 6.10 Å². The van der Waals surface area contributed by atoms with E-state index in [0.29, 0.717) is 22.1 Å². The van der Waals surface area contributed by atoms with Crippen molar-refractivity contribution in [1.29, 1.82) is 0 Å². The summed E-state index contributed by atoms with van der Waals surface area (Å²) in [6, 6.07) is 18.5. The van der Waals surface area contributed by atoms with E-state index in [1.54, 1.807) is 50.3 Å². The molecule has 6 atom stereocenters. The molecule has 2 aliphatic heterocycles. The highest BCUT2D eigenvalue weighted by molar-refractivity contribution is 6.32. The average molecular weight is 833 g/mol. The second kappa shape index (κ2) is 20.0. The molecule has 59 heavy (non-hydrogen) atoms. The Hall–Kier alpha value is -5.40. The minimum absolute atomic E-state index is 0.00875. The summed E-state index contributed by atoms with van der Waals surface area (Å²) in [6.45, 7) is 10.7. The number of cyclic esters (lactones) is 2. The molecule has 0 aromatic heterocycles. The van der Waals surface area contributed by atoms with E-state index < -0.39 is 53.6 Å². The molecular weight excluding hydrogens is 780 g/mol. The molecule has 0 radical (unpaired) electrons. The van der Waals surface area contributed by atoms with Crippen LogP contribution in [-0.2, 0) is 51.2 Å². The number of esters is 2. The number of carbonyl (C=O) groups is 5. The maximum Gasteiger partial charge on any atom is 0.514 e. The van der Waals surface area contributed by atoms with Crippen LogP contribution in [0.4, 0.5) is 4.79 Å². The molecule has 1 fully saturated rings. The third kappa shape index (κ3) is 12.8. The molecule has 5 rings (SSSR count). The molecule has 2 amide bonds. The summed E-state index contributed by atoms with van der Waals surface area (Å²) in [5.41, 5.74) is 2.09. The smallest absolute Gasteiger partial charge is 0.495 e. The van der Waals surface area contributed by atoms with Crippen LogP contribution in [0.25, 0.3) is 0 Å². The van der Waals surface area contributed by atoms with Crippen molar-refractivity contribution in [3.05, 3.63) is 106 Å². The number of epoxide rings is 1. The zero-order chi connectivity index (χ0) is 42.9. The second-order valence-corrected chi connectivity index (χ2v) is 16.5. The van der Waals surface area contributed by atoms with Gasteiger partial charge in [0, 0.05) is 25.3 Å². The fraction of sp³-hybridized carbons (Fsp3) is 0.444. The van der Waals surface area contributed by atoms with E-state index >= 15 is 0 Å². The lowest BCUT2D eigenvalue weighted by molar-refractivity contribution is -0.179. The summed E-state index contributed by atoms with van der Waals surface area (Å²) in [4.78, 5) is 66.5. The van der Waals surface area contributed by atoms with Crippen LogP contribution in [0, 0.1) is 24.2 Å². The number of ether oxygens (including phenoxy) is 6. The number of aryl methyl sites for hydroxylation is 1. The van der Waals surface area contributed by atoms with E-state index in [0.717, 1.165) is 16.7 Å². The number of methoxy groups -OCH3 is 1. The van der Waals surface area contributed by atoms with Crippen molar-refractivity contribution >= 4 is 41.5 Å². The quantitative estimate of drug-likeness (QED) is 0.0872. The number of halogens is 1. The van der Waals surface area contributed by atoms with Gasteiger partial charge in [-0.05, 0) is 80.1 Å². The highest BCUT2D eigenvalue weighted by atomic mass is 35.5. The van der Waals surface area contributed by atoms with Crippen LogP contribution in [0.3, 0.4) is 0 Å². The van der Waals surface area contributed by atoms with Crippen LogP contribution in [0.1, 0.15) is 75.8 Å². The van der Waals surface area contributed by atoms with Crippen LogP contribution < -0.4 is 20.1 Å². The minimum Gasteiger partial charge on any atom is -0.495 e. The molecular formula is C45H53ClN2O11. The molecule has 3 aromatic rings. The van der Waals surface area contributed by atoms with Crippen LogP contribution in [-0.4, -0.2) is 67.9 Å². The summed E-state index contributed by atoms with van der Waals surface area (Å²) < 4.78 is 33.8. The number of hydrogen-bond donors (Lipinski definition) is 2. The number of amides is 2. The van der Waals surface area contributed by atoms with E-state index in [9.17, 15) is 24.0 Å². The normalized spacial score (nSPS) is 23.5. The molecule has 2 aliphatic rings. The van der Waals surface area contributed by atoms with Gasteiger partial charge in [-0.15, -0.1) is 0 Å². The number of hydrogen-bond acceptors (Lipinski definition) is 11. The maximum atomic E-state index is 13.8. The lowest BCUT2D eigenvalue weighted by atomic mass is 9.92. The number of rotatable bonds is 11. The van der Waals surface area contributed by atoms with Gasteiger partial charge in [-0.1, -0.05) is 86.5 Å². The van der Waals surface area contributed by atoms with Crippen molar-refractivity contribution in [2.24, 2.45) is 17.3 Å². The zero-order valence-electron chi connectivity index (χ0n) is 34.5. The molecule has 2 heterocycles. The Balaban J connectivity index is 1.30. The topological polar surface area (TPSA) is 168 Å². The Morgan fingerprint density at radius 1 is 0.949 bits per heavy atom. The molecule has 2 N–H and O–H groups in total. The molecule has 0 unspecified atom stereocenters. The Bertz CT molecular complexity index is 2000. The van der Waals surface area contributed by atoms with E-state index in [2.05, 4.69) is 10.6 Å². The minimum atomic E-state index is -1.24. The van der Waals surface area contributed by atoms with Crippen molar-refractivity contribution in [3.63, 3.8) is 0 Å². The molecule has 0 spiro atoms. The van der Waals surface area contributed by atoms with Gasteiger partial charge in [-0.25, -0.2) is 9.59 Å². The largest absolute Gasteiger partial charge is 0.514 e. The predicted octanol–water partition coefficient (Wildman–Crippen LogP) is 7.15. The van der Waals surface area contributed by atoms with E-state index in [1.807, 2.05) is 64.1 Å². The fourth-order valence-electron chi connectivity index (χ4n) is 6.50. The van der Waals surface area contributed by atoms with Crippen LogP contribution in [0.5, 0.6) is 11.5 Å². The van der Waals surface area contributed by atoms with Crippen molar-refractivity contribution in [1.82, 2.24) is 10.6 Å².